The van der Waals surface area contributed by atoms with Gasteiger partial charge in [0.25, 0.3) is 0 Å². The zero-order chi connectivity index (χ0) is 21.9. The lowest BCUT2D eigenvalue weighted by atomic mass is 9.89. The van der Waals surface area contributed by atoms with Crippen LogP contribution in [0.4, 0.5) is 0 Å². The Morgan fingerprint density at radius 1 is 0.875 bits per heavy atom. The number of benzene rings is 3. The van der Waals surface area contributed by atoms with Gasteiger partial charge in [0.1, 0.15) is 11.5 Å². The summed E-state index contributed by atoms with van der Waals surface area (Å²) in [5, 5.41) is 1.12. The van der Waals surface area contributed by atoms with Crippen molar-refractivity contribution in [3.8, 4) is 22.8 Å². The van der Waals surface area contributed by atoms with Gasteiger partial charge in [0.05, 0.1) is 14.2 Å². The molecule has 2 heterocycles. The summed E-state index contributed by atoms with van der Waals surface area (Å²) < 4.78 is 17.3. The highest BCUT2D eigenvalue weighted by Crippen LogP contribution is 2.37. The van der Waals surface area contributed by atoms with E-state index in [-0.39, 0.29) is 0 Å². The first-order valence-electron chi connectivity index (χ1n) is 11.3. The average molecular weight is 428 g/mol. The fraction of sp³-hybridized carbons (Fsp3) is 0.286. The second-order valence-electron chi connectivity index (χ2n) is 8.47. The average Bonchev–Trinajstić information content (AvgIpc) is 3.31. The zero-order valence-corrected chi connectivity index (χ0v) is 18.7. The third-order valence-corrected chi connectivity index (χ3v) is 6.56. The molecule has 4 nitrogen and oxygen atoms in total. The molecule has 0 saturated carbocycles. The van der Waals surface area contributed by atoms with Crippen molar-refractivity contribution in [3.05, 3.63) is 83.9 Å². The van der Waals surface area contributed by atoms with Gasteiger partial charge < -0.3 is 13.9 Å². The third-order valence-electron chi connectivity index (χ3n) is 6.56. The Bertz CT molecular complexity index is 1190. The second kappa shape index (κ2) is 9.09. The Balaban J connectivity index is 1.39. The Kier molecular flexibility index (Phi) is 5.87. The zero-order valence-electron chi connectivity index (χ0n) is 18.7. The van der Waals surface area contributed by atoms with E-state index < -0.39 is 0 Å². The second-order valence-corrected chi connectivity index (χ2v) is 8.47. The third kappa shape index (κ3) is 4.11. The van der Waals surface area contributed by atoms with Crippen LogP contribution in [0.25, 0.3) is 22.3 Å². The molecular weight excluding hydrogens is 398 g/mol. The number of nitrogens with zero attached hydrogens (tertiary/aromatic N) is 1. The van der Waals surface area contributed by atoms with Gasteiger partial charge in [-0.25, -0.2) is 0 Å². The van der Waals surface area contributed by atoms with E-state index in [9.17, 15) is 0 Å². The van der Waals surface area contributed by atoms with E-state index in [1.165, 1.54) is 24.0 Å². The van der Waals surface area contributed by atoms with Crippen LogP contribution in [0.5, 0.6) is 11.5 Å². The normalized spacial score (nSPS) is 15.2. The summed E-state index contributed by atoms with van der Waals surface area (Å²) in [5.41, 5.74) is 4.55. The molecule has 1 fully saturated rings. The number of ether oxygens (including phenoxy) is 2. The van der Waals surface area contributed by atoms with Gasteiger partial charge >= 0.3 is 0 Å². The molecule has 0 aliphatic carbocycles. The fourth-order valence-corrected chi connectivity index (χ4v) is 4.76. The molecule has 1 saturated heterocycles. The molecule has 0 bridgehead atoms. The highest BCUT2D eigenvalue weighted by molar-refractivity contribution is 5.90. The van der Waals surface area contributed by atoms with Gasteiger partial charge in [0.15, 0.2) is 11.3 Å². The molecule has 5 rings (SSSR count). The maximum Gasteiger partial charge on any atom is 0.176 e. The summed E-state index contributed by atoms with van der Waals surface area (Å²) in [6, 6.07) is 25.2. The molecule has 0 atom stereocenters. The molecule has 32 heavy (non-hydrogen) atoms. The monoisotopic (exact) mass is 427 g/mol. The summed E-state index contributed by atoms with van der Waals surface area (Å²) in [6.45, 7) is 3.13. The Morgan fingerprint density at radius 2 is 1.69 bits per heavy atom. The molecule has 164 valence electrons. The van der Waals surface area contributed by atoms with E-state index >= 15 is 0 Å². The molecule has 1 aliphatic heterocycles. The van der Waals surface area contributed by atoms with E-state index in [1.54, 1.807) is 14.2 Å². The fourth-order valence-electron chi connectivity index (χ4n) is 4.76. The van der Waals surface area contributed by atoms with Crippen LogP contribution < -0.4 is 9.47 Å². The summed E-state index contributed by atoms with van der Waals surface area (Å²) in [5.74, 6) is 3.07. The number of piperidine rings is 1. The molecule has 3 aromatic carbocycles. The Hall–Kier alpha value is -3.24. The topological polar surface area (TPSA) is 34.8 Å². The number of methoxy groups -OCH3 is 2. The molecule has 1 aromatic heterocycles. The molecular formula is C28H29NO3. The van der Waals surface area contributed by atoms with Crippen LogP contribution in [0.3, 0.4) is 0 Å². The van der Waals surface area contributed by atoms with Crippen LogP contribution in [-0.2, 0) is 6.54 Å². The maximum atomic E-state index is 6.28. The number of likely N-dealkylation sites (tertiary alicyclic amines) is 1. The number of hydrogen-bond acceptors (Lipinski definition) is 4. The van der Waals surface area contributed by atoms with Crippen molar-refractivity contribution in [3.63, 3.8) is 0 Å². The van der Waals surface area contributed by atoms with Crippen LogP contribution in [0.15, 0.2) is 77.2 Å². The summed E-state index contributed by atoms with van der Waals surface area (Å²) >= 11 is 0. The minimum Gasteiger partial charge on any atom is -0.497 e. The van der Waals surface area contributed by atoms with Crippen LogP contribution >= 0.6 is 0 Å². The molecule has 0 spiro atoms. The Morgan fingerprint density at radius 3 is 2.44 bits per heavy atom. The predicted octanol–water partition coefficient (Wildman–Crippen LogP) is 6.50. The molecule has 0 radical (unpaired) electrons. The highest BCUT2D eigenvalue weighted by atomic mass is 16.5. The lowest BCUT2D eigenvalue weighted by molar-refractivity contribution is 0.205. The SMILES string of the molecule is COc1cccc(-c2cc3c(CN4CCC(c5ccccc5)CC4)ccc(OC)c3o2)c1. The highest BCUT2D eigenvalue weighted by Gasteiger charge is 2.22. The summed E-state index contributed by atoms with van der Waals surface area (Å²) in [4.78, 5) is 2.55. The molecule has 1 aliphatic rings. The summed E-state index contributed by atoms with van der Waals surface area (Å²) in [7, 11) is 3.37. The van der Waals surface area contributed by atoms with Crippen molar-refractivity contribution < 1.29 is 13.9 Å². The van der Waals surface area contributed by atoms with Crippen LogP contribution in [-0.4, -0.2) is 32.2 Å². The minimum atomic E-state index is 0.664. The number of furan rings is 1. The number of fused-ring (bicyclic) bond motifs is 1. The van der Waals surface area contributed by atoms with Crippen molar-refractivity contribution in [2.45, 2.75) is 25.3 Å². The van der Waals surface area contributed by atoms with E-state index in [1.807, 2.05) is 30.3 Å². The molecule has 0 amide bonds. The maximum absolute atomic E-state index is 6.28. The largest absolute Gasteiger partial charge is 0.497 e. The van der Waals surface area contributed by atoms with Crippen molar-refractivity contribution in [1.29, 1.82) is 0 Å². The van der Waals surface area contributed by atoms with E-state index in [0.717, 1.165) is 53.4 Å². The smallest absolute Gasteiger partial charge is 0.176 e. The minimum absolute atomic E-state index is 0.664. The van der Waals surface area contributed by atoms with Gasteiger partial charge in [0.2, 0.25) is 0 Å². The van der Waals surface area contributed by atoms with E-state index in [4.69, 9.17) is 13.9 Å². The van der Waals surface area contributed by atoms with Crippen LogP contribution in [0, 0.1) is 0 Å². The first-order chi connectivity index (χ1) is 15.7. The lowest BCUT2D eigenvalue weighted by Crippen LogP contribution is -2.32. The number of hydrogen-bond donors (Lipinski definition) is 0. The molecule has 0 N–H and O–H groups in total. The summed E-state index contributed by atoms with van der Waals surface area (Å²) in [6.07, 6.45) is 2.40. The standard InChI is InChI=1S/C28H29NO3/c1-30-24-10-6-9-22(17-24)27-18-25-23(11-12-26(31-2)28(25)32-27)19-29-15-13-21(14-16-29)20-7-4-3-5-8-20/h3-12,17-18,21H,13-16,19H2,1-2H3. The first kappa shape index (κ1) is 20.7. The molecule has 4 aromatic rings. The van der Waals surface area contributed by atoms with Gasteiger partial charge in [-0.1, -0.05) is 48.5 Å². The van der Waals surface area contributed by atoms with Crippen molar-refractivity contribution >= 4 is 11.0 Å². The van der Waals surface area contributed by atoms with Crippen molar-refractivity contribution in [2.24, 2.45) is 0 Å². The van der Waals surface area contributed by atoms with Gasteiger partial charge in [-0.15, -0.1) is 0 Å². The molecule has 0 unspecified atom stereocenters. The van der Waals surface area contributed by atoms with Crippen LogP contribution in [0.2, 0.25) is 0 Å². The van der Waals surface area contributed by atoms with Gasteiger partial charge in [-0.2, -0.15) is 0 Å². The van der Waals surface area contributed by atoms with Crippen LogP contribution in [0.1, 0.15) is 29.9 Å². The number of rotatable bonds is 6. The van der Waals surface area contributed by atoms with Crippen molar-refractivity contribution in [2.75, 3.05) is 27.3 Å². The van der Waals surface area contributed by atoms with Gasteiger partial charge in [-0.3, -0.25) is 4.90 Å². The Labute approximate surface area is 189 Å². The predicted molar refractivity (Wildman–Crippen MR) is 128 cm³/mol. The lowest BCUT2D eigenvalue weighted by Gasteiger charge is -2.32. The van der Waals surface area contributed by atoms with Crippen molar-refractivity contribution in [1.82, 2.24) is 4.90 Å². The van der Waals surface area contributed by atoms with E-state index in [2.05, 4.69) is 47.4 Å². The first-order valence-corrected chi connectivity index (χ1v) is 11.3. The van der Waals surface area contributed by atoms with Gasteiger partial charge in [0, 0.05) is 17.5 Å². The van der Waals surface area contributed by atoms with Gasteiger partial charge in [-0.05, 0) is 67.2 Å². The molecule has 4 heteroatoms. The quantitative estimate of drug-likeness (QED) is 0.352. The van der Waals surface area contributed by atoms with E-state index in [0.29, 0.717) is 5.92 Å².